The van der Waals surface area contributed by atoms with E-state index in [4.69, 9.17) is 24.8 Å². The number of nitrogens with zero attached hydrogens (tertiary/aromatic N) is 5. The van der Waals surface area contributed by atoms with Gasteiger partial charge < -0.3 is 30.1 Å². The molecule has 3 aromatic heterocycles. The van der Waals surface area contributed by atoms with Crippen LogP contribution in [0.2, 0.25) is 0 Å². The van der Waals surface area contributed by atoms with Gasteiger partial charge in [0, 0.05) is 36.3 Å². The first-order chi connectivity index (χ1) is 17.5. The van der Waals surface area contributed by atoms with Crippen LogP contribution < -0.4 is 10.1 Å². The van der Waals surface area contributed by atoms with Gasteiger partial charge in [0.05, 0.1) is 44.5 Å². The predicted molar refractivity (Wildman–Crippen MR) is 129 cm³/mol. The van der Waals surface area contributed by atoms with Crippen LogP contribution in [0.3, 0.4) is 0 Å². The Hall–Kier alpha value is -3.84. The van der Waals surface area contributed by atoms with Crippen molar-refractivity contribution in [2.24, 2.45) is 0 Å². The summed E-state index contributed by atoms with van der Waals surface area (Å²) in [6.45, 7) is 2.75. The SMILES string of the molecule is CCc1cc(Oc2nccn3c(-c4cnn(CC(O)O)c4)cnc23)ccc1C(=O)NCCOCCO. The number of hydrogen-bond acceptors (Lipinski definition) is 9. The van der Waals surface area contributed by atoms with E-state index >= 15 is 0 Å². The second kappa shape index (κ2) is 11.7. The van der Waals surface area contributed by atoms with Crippen LogP contribution in [0.15, 0.2) is 49.2 Å². The lowest BCUT2D eigenvalue weighted by Crippen LogP contribution is -2.28. The molecule has 0 saturated carbocycles. The zero-order chi connectivity index (χ0) is 25.5. The number of aliphatic hydroxyl groups is 3. The van der Waals surface area contributed by atoms with Crippen LogP contribution in [0, 0.1) is 0 Å². The topological polar surface area (TPSA) is 156 Å². The Kier molecular flexibility index (Phi) is 8.23. The van der Waals surface area contributed by atoms with E-state index in [0.717, 1.165) is 16.8 Å². The molecule has 0 aliphatic heterocycles. The number of ether oxygens (including phenoxy) is 2. The fourth-order valence-corrected chi connectivity index (χ4v) is 3.70. The maximum Gasteiger partial charge on any atom is 0.263 e. The van der Waals surface area contributed by atoms with Gasteiger partial charge in [-0.1, -0.05) is 6.92 Å². The average Bonchev–Trinajstić information content (AvgIpc) is 3.50. The van der Waals surface area contributed by atoms with E-state index in [1.165, 1.54) is 4.68 Å². The summed E-state index contributed by atoms with van der Waals surface area (Å²) in [6.07, 6.45) is 7.44. The number of benzene rings is 1. The van der Waals surface area contributed by atoms with Crippen LogP contribution in [0.25, 0.3) is 16.9 Å². The van der Waals surface area contributed by atoms with Gasteiger partial charge in [0.15, 0.2) is 6.29 Å². The first-order valence-electron chi connectivity index (χ1n) is 11.5. The Balaban J connectivity index is 1.51. The molecule has 0 spiro atoms. The summed E-state index contributed by atoms with van der Waals surface area (Å²) in [5.41, 5.74) is 3.33. The molecular formula is C24H28N6O6. The van der Waals surface area contributed by atoms with Gasteiger partial charge in [0.1, 0.15) is 5.75 Å². The number of aryl methyl sites for hydroxylation is 1. The van der Waals surface area contributed by atoms with Crippen molar-refractivity contribution >= 4 is 11.6 Å². The lowest BCUT2D eigenvalue weighted by Gasteiger charge is -2.12. The van der Waals surface area contributed by atoms with E-state index in [-0.39, 0.29) is 25.7 Å². The molecule has 0 atom stereocenters. The first kappa shape index (κ1) is 25.3. The molecule has 12 heteroatoms. The van der Waals surface area contributed by atoms with Gasteiger partial charge in [-0.3, -0.25) is 13.9 Å². The summed E-state index contributed by atoms with van der Waals surface area (Å²) in [7, 11) is 0. The molecule has 0 aliphatic carbocycles. The van der Waals surface area contributed by atoms with E-state index in [1.54, 1.807) is 53.6 Å². The summed E-state index contributed by atoms with van der Waals surface area (Å²) < 4.78 is 14.5. The highest BCUT2D eigenvalue weighted by Crippen LogP contribution is 2.28. The van der Waals surface area contributed by atoms with Crippen LogP contribution in [0.1, 0.15) is 22.8 Å². The number of carbonyl (C=O) groups is 1. The fourth-order valence-electron chi connectivity index (χ4n) is 3.70. The molecule has 0 unspecified atom stereocenters. The Morgan fingerprint density at radius 1 is 1.19 bits per heavy atom. The largest absolute Gasteiger partial charge is 0.436 e. The van der Waals surface area contributed by atoms with Crippen molar-refractivity contribution in [3.8, 4) is 22.9 Å². The number of imidazole rings is 1. The summed E-state index contributed by atoms with van der Waals surface area (Å²) >= 11 is 0. The smallest absolute Gasteiger partial charge is 0.263 e. The van der Waals surface area contributed by atoms with Gasteiger partial charge in [0.25, 0.3) is 11.8 Å². The molecule has 12 nitrogen and oxygen atoms in total. The normalized spacial score (nSPS) is 11.4. The molecule has 0 fully saturated rings. The highest BCUT2D eigenvalue weighted by atomic mass is 16.5. The summed E-state index contributed by atoms with van der Waals surface area (Å²) in [5.74, 6) is 0.602. The molecule has 4 rings (SSSR count). The quantitative estimate of drug-likeness (QED) is 0.166. The number of carbonyl (C=O) groups excluding carboxylic acids is 1. The molecule has 0 radical (unpaired) electrons. The van der Waals surface area contributed by atoms with Gasteiger partial charge in [-0.15, -0.1) is 0 Å². The van der Waals surface area contributed by atoms with Crippen LogP contribution in [0.5, 0.6) is 11.6 Å². The van der Waals surface area contributed by atoms with Gasteiger partial charge in [-0.25, -0.2) is 9.97 Å². The minimum absolute atomic E-state index is 0.0437. The Morgan fingerprint density at radius 2 is 2.06 bits per heavy atom. The summed E-state index contributed by atoms with van der Waals surface area (Å²) in [5, 5.41) is 34.0. The van der Waals surface area contributed by atoms with Crippen molar-refractivity contribution in [2.75, 3.05) is 26.4 Å². The highest BCUT2D eigenvalue weighted by molar-refractivity contribution is 5.95. The maximum absolute atomic E-state index is 12.6. The van der Waals surface area contributed by atoms with Crippen molar-refractivity contribution < 1.29 is 29.6 Å². The number of hydrogen-bond donors (Lipinski definition) is 4. The molecule has 4 aromatic rings. The second-order valence-corrected chi connectivity index (χ2v) is 7.87. The Labute approximate surface area is 206 Å². The number of rotatable bonds is 12. The lowest BCUT2D eigenvalue weighted by molar-refractivity contribution is -0.0534. The van der Waals surface area contributed by atoms with Gasteiger partial charge in [-0.05, 0) is 30.2 Å². The Bertz CT molecular complexity index is 1320. The number of nitrogens with one attached hydrogen (secondary N) is 1. The number of aliphatic hydroxyl groups excluding tert-OH is 2. The van der Waals surface area contributed by atoms with Crippen molar-refractivity contribution in [3.63, 3.8) is 0 Å². The van der Waals surface area contributed by atoms with Crippen molar-refractivity contribution in [3.05, 3.63) is 60.3 Å². The van der Waals surface area contributed by atoms with Gasteiger partial charge in [-0.2, -0.15) is 5.10 Å². The van der Waals surface area contributed by atoms with E-state index < -0.39 is 6.29 Å². The highest BCUT2D eigenvalue weighted by Gasteiger charge is 2.16. The third kappa shape index (κ3) is 5.86. The number of amides is 1. The Morgan fingerprint density at radius 3 is 2.83 bits per heavy atom. The minimum atomic E-state index is -1.50. The van der Waals surface area contributed by atoms with Crippen LogP contribution in [-0.2, 0) is 17.7 Å². The lowest BCUT2D eigenvalue weighted by atomic mass is 10.0. The molecule has 36 heavy (non-hydrogen) atoms. The zero-order valence-corrected chi connectivity index (χ0v) is 19.7. The van der Waals surface area contributed by atoms with Crippen molar-refractivity contribution in [2.45, 2.75) is 26.2 Å². The molecule has 0 saturated heterocycles. The monoisotopic (exact) mass is 496 g/mol. The number of aromatic nitrogens is 5. The summed E-state index contributed by atoms with van der Waals surface area (Å²) in [4.78, 5) is 21.4. The third-order valence-electron chi connectivity index (χ3n) is 5.36. The molecular weight excluding hydrogens is 468 g/mol. The van der Waals surface area contributed by atoms with Crippen molar-refractivity contribution in [1.82, 2.24) is 29.5 Å². The average molecular weight is 497 g/mol. The molecule has 190 valence electrons. The molecule has 1 amide bonds. The van der Waals surface area contributed by atoms with E-state index in [2.05, 4.69) is 20.4 Å². The summed E-state index contributed by atoms with van der Waals surface area (Å²) in [6, 6.07) is 5.21. The van der Waals surface area contributed by atoms with E-state index in [9.17, 15) is 4.79 Å². The van der Waals surface area contributed by atoms with Gasteiger partial charge in [0.2, 0.25) is 5.65 Å². The van der Waals surface area contributed by atoms with Crippen LogP contribution in [-0.4, -0.2) is 78.0 Å². The molecule has 0 bridgehead atoms. The van der Waals surface area contributed by atoms with Crippen molar-refractivity contribution in [1.29, 1.82) is 0 Å². The van der Waals surface area contributed by atoms with Crippen LogP contribution >= 0.6 is 0 Å². The zero-order valence-electron chi connectivity index (χ0n) is 19.7. The molecule has 4 N–H and O–H groups in total. The predicted octanol–water partition coefficient (Wildman–Crippen LogP) is 0.997. The van der Waals surface area contributed by atoms with E-state index in [1.807, 2.05) is 6.92 Å². The van der Waals surface area contributed by atoms with Crippen LogP contribution in [0.4, 0.5) is 0 Å². The minimum Gasteiger partial charge on any atom is -0.436 e. The maximum atomic E-state index is 12.6. The fraction of sp³-hybridized carbons (Fsp3) is 0.333. The number of fused-ring (bicyclic) bond motifs is 1. The second-order valence-electron chi connectivity index (χ2n) is 7.87. The molecule has 3 heterocycles. The molecule has 1 aromatic carbocycles. The molecule has 0 aliphatic rings. The standard InChI is InChI=1S/C24H28N6O6/c1-2-16-11-18(3-4-19(16)23(34)25-6-9-35-10-8-31)36-24-22-27-13-20(30(22)7-5-26-24)17-12-28-29(14-17)15-21(32)33/h3-5,7,11-14,21,31-33H,2,6,8-10,15H2,1H3,(H,25,34). The van der Waals surface area contributed by atoms with E-state index in [0.29, 0.717) is 42.4 Å². The van der Waals surface area contributed by atoms with Gasteiger partial charge >= 0.3 is 0 Å². The third-order valence-corrected chi connectivity index (χ3v) is 5.36. The first-order valence-corrected chi connectivity index (χ1v) is 11.5.